The molecule has 6 nitrogen and oxygen atoms in total. The van der Waals surface area contributed by atoms with Crippen LogP contribution < -0.4 is 0 Å². The van der Waals surface area contributed by atoms with Crippen LogP contribution in [-0.4, -0.2) is 29.7 Å². The van der Waals surface area contributed by atoms with E-state index in [1.54, 1.807) is 24.4 Å². The Kier molecular flexibility index (Phi) is 3.63. The number of hydrogen-bond donors (Lipinski definition) is 1. The third kappa shape index (κ3) is 2.89. The number of aromatic nitrogens is 6. The van der Waals surface area contributed by atoms with E-state index in [4.69, 9.17) is 0 Å². The Labute approximate surface area is 159 Å². The maximum Gasteiger partial charge on any atom is 0.433 e. The van der Waals surface area contributed by atoms with Gasteiger partial charge in [-0.3, -0.25) is 9.67 Å². The molecule has 144 valence electrons. The number of pyridine rings is 2. The molecule has 29 heavy (non-hydrogen) atoms. The highest BCUT2D eigenvalue weighted by Gasteiger charge is 2.33. The summed E-state index contributed by atoms with van der Waals surface area (Å²) in [5.74, 6) is -0.480. The summed E-state index contributed by atoms with van der Waals surface area (Å²) in [4.78, 5) is 11.7. The molecular weight excluding hydrogens is 388 g/mol. The number of alkyl halides is 3. The minimum atomic E-state index is -4.61. The van der Waals surface area contributed by atoms with E-state index in [1.807, 2.05) is 0 Å². The van der Waals surface area contributed by atoms with Crippen molar-refractivity contribution in [3.05, 3.63) is 66.5 Å². The number of fused-ring (bicyclic) bond motifs is 2. The third-order valence-electron chi connectivity index (χ3n) is 4.46. The molecule has 0 unspecified atom stereocenters. The van der Waals surface area contributed by atoms with Crippen molar-refractivity contribution < 1.29 is 17.6 Å². The van der Waals surface area contributed by atoms with Crippen LogP contribution in [0, 0.1) is 5.95 Å². The van der Waals surface area contributed by atoms with Crippen molar-refractivity contribution in [2.75, 3.05) is 0 Å². The van der Waals surface area contributed by atoms with Crippen molar-refractivity contribution in [3.63, 3.8) is 0 Å². The quantitative estimate of drug-likeness (QED) is 0.351. The zero-order chi connectivity index (χ0) is 20.2. The smallest absolute Gasteiger partial charge is 0.278 e. The molecule has 0 fully saturated rings. The highest BCUT2D eigenvalue weighted by molar-refractivity contribution is 5.84. The zero-order valence-corrected chi connectivity index (χ0v) is 14.4. The number of nitrogens with one attached hydrogen (secondary N) is 1. The number of halogens is 4. The molecule has 4 aromatic heterocycles. The molecule has 0 aliphatic heterocycles. The Morgan fingerprint density at radius 2 is 1.83 bits per heavy atom. The van der Waals surface area contributed by atoms with Gasteiger partial charge in [-0.05, 0) is 36.4 Å². The summed E-state index contributed by atoms with van der Waals surface area (Å²) in [7, 11) is 0. The monoisotopic (exact) mass is 398 g/mol. The number of hydrogen-bond acceptors (Lipinski definition) is 4. The molecule has 1 N–H and O–H groups in total. The first kappa shape index (κ1) is 17.3. The molecule has 4 heterocycles. The number of nitrogens with zero attached hydrogens (tertiary/aromatic N) is 5. The largest absolute Gasteiger partial charge is 0.433 e. The number of H-pyrrole nitrogens is 1. The number of imidazole rings is 1. The van der Waals surface area contributed by atoms with Crippen LogP contribution in [0.1, 0.15) is 5.69 Å². The van der Waals surface area contributed by atoms with Crippen LogP contribution in [-0.2, 0) is 6.18 Å². The molecule has 0 saturated carbocycles. The zero-order valence-electron chi connectivity index (χ0n) is 14.4. The summed E-state index contributed by atoms with van der Waals surface area (Å²) >= 11 is 0. The topological polar surface area (TPSA) is 72.3 Å². The van der Waals surface area contributed by atoms with Crippen LogP contribution in [0.3, 0.4) is 0 Å². The second-order valence-electron chi connectivity index (χ2n) is 6.32. The first-order valence-electron chi connectivity index (χ1n) is 8.42. The van der Waals surface area contributed by atoms with Crippen LogP contribution in [0.2, 0.25) is 0 Å². The summed E-state index contributed by atoms with van der Waals surface area (Å²) in [6.07, 6.45) is -1.75. The van der Waals surface area contributed by atoms with Crippen LogP contribution in [0.5, 0.6) is 0 Å². The van der Waals surface area contributed by atoms with Gasteiger partial charge in [-0.15, -0.1) is 0 Å². The first-order valence-corrected chi connectivity index (χ1v) is 8.42. The summed E-state index contributed by atoms with van der Waals surface area (Å²) < 4.78 is 54.9. The van der Waals surface area contributed by atoms with E-state index >= 15 is 0 Å². The molecule has 5 rings (SSSR count). The predicted molar refractivity (Wildman–Crippen MR) is 96.7 cm³/mol. The predicted octanol–water partition coefficient (Wildman–Crippen LogP) is 4.52. The molecule has 0 amide bonds. The summed E-state index contributed by atoms with van der Waals surface area (Å²) in [6, 6.07) is 10.00. The van der Waals surface area contributed by atoms with E-state index in [1.165, 1.54) is 29.0 Å². The van der Waals surface area contributed by atoms with Gasteiger partial charge < -0.3 is 0 Å². The summed E-state index contributed by atoms with van der Waals surface area (Å²) in [5.41, 5.74) is 0.853. The fraction of sp³-hybridized carbons (Fsp3) is 0.0526. The highest BCUT2D eigenvalue weighted by atomic mass is 19.4. The molecular formula is C19H10F4N6. The minimum Gasteiger partial charge on any atom is -0.278 e. The second kappa shape index (κ2) is 6.09. The first-order chi connectivity index (χ1) is 13.9. The molecule has 0 aliphatic carbocycles. The van der Waals surface area contributed by atoms with E-state index in [-0.39, 0.29) is 17.0 Å². The lowest BCUT2D eigenvalue weighted by atomic mass is 10.2. The van der Waals surface area contributed by atoms with Gasteiger partial charge in [0.15, 0.2) is 5.65 Å². The van der Waals surface area contributed by atoms with Crippen LogP contribution in [0.4, 0.5) is 17.6 Å². The molecule has 5 aromatic rings. The van der Waals surface area contributed by atoms with Crippen LogP contribution >= 0.6 is 0 Å². The summed E-state index contributed by atoms with van der Waals surface area (Å²) in [5, 5.41) is 7.52. The number of benzene rings is 1. The fourth-order valence-electron chi connectivity index (χ4n) is 3.16. The molecule has 0 saturated heterocycles. The Bertz CT molecular complexity index is 1370. The highest BCUT2D eigenvalue weighted by Crippen LogP contribution is 2.33. The average molecular weight is 398 g/mol. The van der Waals surface area contributed by atoms with E-state index in [2.05, 4.69) is 25.1 Å². The van der Waals surface area contributed by atoms with Gasteiger partial charge in [-0.25, -0.2) is 15.0 Å². The van der Waals surface area contributed by atoms with E-state index < -0.39 is 17.8 Å². The standard InChI is InChI=1S/C19H10F4N6/c20-16-8-10(5-6-24-16)17-26-14-3-4-15(19(21,22)23)27-18(14)29(17)12-1-2-13-11(7-12)9-25-28-13/h1-9H,(H,25,28). The SMILES string of the molecule is Fc1cc(-c2nc3ccc(C(F)(F)F)nc3n2-c2ccc3[nH]ncc3c2)ccn1. The van der Waals surface area contributed by atoms with Crippen molar-refractivity contribution in [3.8, 4) is 17.1 Å². The second-order valence-corrected chi connectivity index (χ2v) is 6.32. The van der Waals surface area contributed by atoms with Gasteiger partial charge in [0.2, 0.25) is 5.95 Å². The molecule has 0 atom stereocenters. The van der Waals surface area contributed by atoms with Crippen molar-refractivity contribution >= 4 is 22.1 Å². The van der Waals surface area contributed by atoms with Crippen molar-refractivity contribution in [2.45, 2.75) is 6.18 Å². The molecule has 0 radical (unpaired) electrons. The Hall–Kier alpha value is -3.82. The van der Waals surface area contributed by atoms with E-state index in [0.717, 1.165) is 17.0 Å². The van der Waals surface area contributed by atoms with Gasteiger partial charge in [0.05, 0.1) is 11.7 Å². The van der Waals surface area contributed by atoms with Gasteiger partial charge in [0.1, 0.15) is 17.0 Å². The van der Waals surface area contributed by atoms with Gasteiger partial charge in [-0.1, -0.05) is 0 Å². The molecule has 0 aliphatic rings. The van der Waals surface area contributed by atoms with E-state index in [9.17, 15) is 17.6 Å². The third-order valence-corrected chi connectivity index (χ3v) is 4.46. The Morgan fingerprint density at radius 3 is 2.62 bits per heavy atom. The van der Waals surface area contributed by atoms with E-state index in [0.29, 0.717) is 11.3 Å². The fourth-order valence-corrected chi connectivity index (χ4v) is 3.16. The average Bonchev–Trinajstić information content (AvgIpc) is 3.30. The van der Waals surface area contributed by atoms with Gasteiger partial charge in [-0.2, -0.15) is 22.7 Å². The normalized spacial score (nSPS) is 12.1. The molecule has 0 bridgehead atoms. The number of rotatable bonds is 2. The van der Waals surface area contributed by atoms with Gasteiger partial charge >= 0.3 is 6.18 Å². The maximum atomic E-state index is 13.7. The molecule has 10 heteroatoms. The van der Waals surface area contributed by atoms with Crippen LogP contribution in [0.15, 0.2) is 54.9 Å². The van der Waals surface area contributed by atoms with Crippen molar-refractivity contribution in [2.24, 2.45) is 0 Å². The lowest BCUT2D eigenvalue weighted by Crippen LogP contribution is -2.08. The molecule has 1 aromatic carbocycles. The Balaban J connectivity index is 1.85. The van der Waals surface area contributed by atoms with Gasteiger partial charge in [0.25, 0.3) is 0 Å². The number of aromatic amines is 1. The van der Waals surface area contributed by atoms with Gasteiger partial charge in [0, 0.05) is 28.9 Å². The summed E-state index contributed by atoms with van der Waals surface area (Å²) in [6.45, 7) is 0. The van der Waals surface area contributed by atoms with Crippen LogP contribution in [0.25, 0.3) is 39.1 Å². The van der Waals surface area contributed by atoms with Crippen molar-refractivity contribution in [1.82, 2.24) is 29.7 Å². The van der Waals surface area contributed by atoms with Crippen molar-refractivity contribution in [1.29, 1.82) is 0 Å². The Morgan fingerprint density at radius 1 is 0.966 bits per heavy atom. The molecule has 0 spiro atoms. The lowest BCUT2D eigenvalue weighted by Gasteiger charge is -2.10. The minimum absolute atomic E-state index is 0.00916. The maximum absolute atomic E-state index is 13.7. The lowest BCUT2D eigenvalue weighted by molar-refractivity contribution is -0.141.